The number of rotatable bonds is 6. The lowest BCUT2D eigenvalue weighted by Gasteiger charge is -2.29. The molecule has 0 saturated carbocycles. The second-order valence-corrected chi connectivity index (χ2v) is 9.51. The van der Waals surface area contributed by atoms with Gasteiger partial charge >= 0.3 is 0 Å². The molecule has 2 heterocycles. The lowest BCUT2D eigenvalue weighted by molar-refractivity contribution is -0.135. The zero-order valence-corrected chi connectivity index (χ0v) is 18.2. The third kappa shape index (κ3) is 5.49. The van der Waals surface area contributed by atoms with E-state index in [1.54, 1.807) is 23.2 Å². The van der Waals surface area contributed by atoms with E-state index in [4.69, 9.17) is 4.74 Å². The van der Waals surface area contributed by atoms with E-state index in [1.807, 2.05) is 36.4 Å². The van der Waals surface area contributed by atoms with Crippen LogP contribution in [0.25, 0.3) is 0 Å². The molecule has 2 aromatic rings. The monoisotopic (exact) mass is 442 g/mol. The largest absolute Gasteiger partial charge is 0.379 e. The van der Waals surface area contributed by atoms with Gasteiger partial charge < -0.3 is 4.74 Å². The maximum absolute atomic E-state index is 13.2. The van der Waals surface area contributed by atoms with Crippen LogP contribution in [-0.4, -0.2) is 69.0 Å². The number of benzene rings is 2. The first kappa shape index (κ1) is 21.5. The van der Waals surface area contributed by atoms with Crippen molar-refractivity contribution in [1.82, 2.24) is 9.91 Å². The highest BCUT2D eigenvalue weighted by Crippen LogP contribution is 2.33. The molecule has 2 aliphatic rings. The normalized spacial score (nSPS) is 19.8. The van der Waals surface area contributed by atoms with E-state index < -0.39 is 10.0 Å². The van der Waals surface area contributed by atoms with Crippen molar-refractivity contribution in [3.8, 4) is 0 Å². The Balaban J connectivity index is 1.60. The fourth-order valence-corrected chi connectivity index (χ4v) is 4.40. The van der Waals surface area contributed by atoms with Gasteiger partial charge in [-0.15, -0.1) is 0 Å². The number of ether oxygens (including phenoxy) is 1. The van der Waals surface area contributed by atoms with Gasteiger partial charge in [0, 0.05) is 25.2 Å². The molecule has 8 nitrogen and oxygen atoms in total. The number of anilines is 1. The van der Waals surface area contributed by atoms with Gasteiger partial charge in [0.25, 0.3) is 5.91 Å². The quantitative estimate of drug-likeness (QED) is 0.740. The fraction of sp³-hybridized carbons (Fsp3) is 0.364. The summed E-state index contributed by atoms with van der Waals surface area (Å²) in [6.07, 6.45) is 1.67. The Morgan fingerprint density at radius 2 is 1.87 bits per heavy atom. The number of hydrogen-bond acceptors (Lipinski definition) is 6. The first-order valence-electron chi connectivity index (χ1n) is 10.2. The minimum Gasteiger partial charge on any atom is -0.379 e. The van der Waals surface area contributed by atoms with Crippen LogP contribution in [0.5, 0.6) is 0 Å². The molecule has 4 rings (SSSR count). The number of carbonyl (C=O) groups excluding carboxylic acids is 1. The molecule has 1 amide bonds. The zero-order chi connectivity index (χ0) is 21.8. The third-order valence-corrected chi connectivity index (χ3v) is 5.92. The highest BCUT2D eigenvalue weighted by molar-refractivity contribution is 7.92. The predicted molar refractivity (Wildman–Crippen MR) is 119 cm³/mol. The maximum Gasteiger partial charge on any atom is 0.257 e. The van der Waals surface area contributed by atoms with Crippen molar-refractivity contribution in [3.63, 3.8) is 0 Å². The molecule has 0 aromatic heterocycles. The Hall–Kier alpha value is -2.75. The van der Waals surface area contributed by atoms with Crippen LogP contribution in [0.2, 0.25) is 0 Å². The highest BCUT2D eigenvalue weighted by atomic mass is 32.2. The van der Waals surface area contributed by atoms with Crippen LogP contribution >= 0.6 is 0 Å². The van der Waals surface area contributed by atoms with Crippen LogP contribution in [-0.2, 0) is 19.6 Å². The van der Waals surface area contributed by atoms with Crippen molar-refractivity contribution in [2.75, 3.05) is 43.8 Å². The Bertz CT molecular complexity index is 1070. The first-order chi connectivity index (χ1) is 14.9. The average Bonchev–Trinajstić information content (AvgIpc) is 3.20. The van der Waals surface area contributed by atoms with E-state index in [0.29, 0.717) is 31.9 Å². The van der Waals surface area contributed by atoms with E-state index in [0.717, 1.165) is 36.2 Å². The standard InChI is InChI=1S/C22H26N4O4S/c1-31(28,29)24-19-9-5-8-18(14-19)20-15-21(17-6-3-2-4-7-17)26(23-20)22(27)16-25-10-12-30-13-11-25/h2-9,14,21,24H,10-13,15-16H2,1H3/t21-/m0/s1. The van der Waals surface area contributed by atoms with Gasteiger partial charge in [-0.05, 0) is 23.3 Å². The van der Waals surface area contributed by atoms with Gasteiger partial charge in [0.15, 0.2) is 0 Å². The molecule has 164 valence electrons. The molecule has 0 spiro atoms. The molecule has 2 aliphatic heterocycles. The number of hydrazone groups is 1. The summed E-state index contributed by atoms with van der Waals surface area (Å²) < 4.78 is 31.1. The van der Waals surface area contributed by atoms with E-state index in [2.05, 4.69) is 14.7 Å². The van der Waals surface area contributed by atoms with Gasteiger partial charge in [-0.25, -0.2) is 13.4 Å². The summed E-state index contributed by atoms with van der Waals surface area (Å²) >= 11 is 0. The first-order valence-corrected chi connectivity index (χ1v) is 12.1. The fourth-order valence-electron chi connectivity index (χ4n) is 3.85. The Morgan fingerprint density at radius 3 is 2.58 bits per heavy atom. The molecule has 31 heavy (non-hydrogen) atoms. The molecule has 1 atom stereocenters. The van der Waals surface area contributed by atoms with Crippen LogP contribution in [0, 0.1) is 0 Å². The van der Waals surface area contributed by atoms with Crippen LogP contribution in [0.4, 0.5) is 5.69 Å². The molecule has 0 radical (unpaired) electrons. The van der Waals surface area contributed by atoms with Crippen LogP contribution in [0.15, 0.2) is 59.7 Å². The summed E-state index contributed by atoms with van der Waals surface area (Å²) in [7, 11) is -3.38. The molecule has 2 aromatic carbocycles. The summed E-state index contributed by atoms with van der Waals surface area (Å²) in [6.45, 7) is 3.00. The minimum atomic E-state index is -3.38. The molecule has 0 unspecified atom stereocenters. The topological polar surface area (TPSA) is 91.3 Å². The van der Waals surface area contributed by atoms with E-state index >= 15 is 0 Å². The number of nitrogens with one attached hydrogen (secondary N) is 1. The molecule has 0 bridgehead atoms. The summed E-state index contributed by atoms with van der Waals surface area (Å²) in [4.78, 5) is 15.3. The number of sulfonamides is 1. The predicted octanol–water partition coefficient (Wildman–Crippen LogP) is 2.07. The minimum absolute atomic E-state index is 0.0591. The van der Waals surface area contributed by atoms with Crippen molar-refractivity contribution in [2.45, 2.75) is 12.5 Å². The number of morpholine rings is 1. The highest BCUT2D eigenvalue weighted by Gasteiger charge is 2.33. The van der Waals surface area contributed by atoms with E-state index in [-0.39, 0.29) is 11.9 Å². The van der Waals surface area contributed by atoms with Crippen LogP contribution in [0.3, 0.4) is 0 Å². The number of hydrogen-bond donors (Lipinski definition) is 1. The summed E-state index contributed by atoms with van der Waals surface area (Å²) in [6, 6.07) is 16.7. The van der Waals surface area contributed by atoms with E-state index in [1.165, 1.54) is 0 Å². The van der Waals surface area contributed by atoms with Crippen LogP contribution < -0.4 is 4.72 Å². The lowest BCUT2D eigenvalue weighted by Crippen LogP contribution is -2.43. The van der Waals surface area contributed by atoms with Gasteiger partial charge in [-0.2, -0.15) is 5.10 Å². The Morgan fingerprint density at radius 1 is 1.13 bits per heavy atom. The summed E-state index contributed by atoms with van der Waals surface area (Å²) in [5.74, 6) is -0.0591. The van der Waals surface area contributed by atoms with Crippen molar-refractivity contribution < 1.29 is 17.9 Å². The van der Waals surface area contributed by atoms with Gasteiger partial charge in [-0.3, -0.25) is 14.4 Å². The number of amides is 1. The number of nitrogens with zero attached hydrogens (tertiary/aromatic N) is 3. The summed E-state index contributed by atoms with van der Waals surface area (Å²) in [5.41, 5.74) is 3.02. The van der Waals surface area contributed by atoms with Crippen molar-refractivity contribution in [3.05, 3.63) is 65.7 Å². The van der Waals surface area contributed by atoms with Gasteiger partial charge in [0.2, 0.25) is 10.0 Å². The Labute approximate surface area is 182 Å². The van der Waals surface area contributed by atoms with E-state index in [9.17, 15) is 13.2 Å². The van der Waals surface area contributed by atoms with Gasteiger partial charge in [0.05, 0.1) is 37.8 Å². The van der Waals surface area contributed by atoms with Crippen molar-refractivity contribution >= 4 is 27.3 Å². The molecule has 0 aliphatic carbocycles. The molecule has 1 N–H and O–H groups in total. The number of carbonyl (C=O) groups is 1. The second kappa shape index (κ2) is 9.17. The maximum atomic E-state index is 13.2. The third-order valence-electron chi connectivity index (χ3n) is 5.31. The SMILES string of the molecule is CS(=O)(=O)Nc1cccc(C2=NN(C(=O)CN3CCOCC3)[C@H](c3ccccc3)C2)c1. The zero-order valence-electron chi connectivity index (χ0n) is 17.4. The smallest absolute Gasteiger partial charge is 0.257 e. The molecule has 9 heteroatoms. The molecular formula is C22H26N4O4S. The average molecular weight is 443 g/mol. The van der Waals surface area contributed by atoms with Crippen molar-refractivity contribution in [1.29, 1.82) is 0 Å². The second-order valence-electron chi connectivity index (χ2n) is 7.76. The summed E-state index contributed by atoms with van der Waals surface area (Å²) in [5, 5.41) is 6.26. The van der Waals surface area contributed by atoms with Gasteiger partial charge in [0.1, 0.15) is 0 Å². The molecule has 1 saturated heterocycles. The van der Waals surface area contributed by atoms with Gasteiger partial charge in [-0.1, -0.05) is 42.5 Å². The lowest BCUT2D eigenvalue weighted by atomic mass is 9.98. The molecule has 1 fully saturated rings. The van der Waals surface area contributed by atoms with Crippen LogP contribution in [0.1, 0.15) is 23.6 Å². The van der Waals surface area contributed by atoms with Crippen molar-refractivity contribution in [2.24, 2.45) is 5.10 Å². The Kier molecular flexibility index (Phi) is 6.35. The molecular weight excluding hydrogens is 416 g/mol.